The van der Waals surface area contributed by atoms with Crippen LogP contribution in [0, 0.1) is 0 Å². The highest BCUT2D eigenvalue weighted by Gasteiger charge is 2.32. The van der Waals surface area contributed by atoms with Crippen LogP contribution in [0.25, 0.3) is 11.3 Å². The molecule has 4 rings (SSSR count). The third-order valence-electron chi connectivity index (χ3n) is 5.91. The number of benzene rings is 1. The minimum atomic E-state index is -4.41. The zero-order chi connectivity index (χ0) is 21.1. The number of alkyl halides is 3. The average Bonchev–Trinajstić information content (AvgIpc) is 3.26. The molecule has 1 amide bonds. The molecule has 2 aromatic rings. The number of carbonyl (C=O) groups is 1. The second-order valence-electron chi connectivity index (χ2n) is 8.03. The van der Waals surface area contributed by atoms with Crippen LogP contribution in [0.3, 0.4) is 0 Å². The molecule has 0 saturated carbocycles. The van der Waals surface area contributed by atoms with Crippen molar-refractivity contribution in [1.82, 2.24) is 19.8 Å². The van der Waals surface area contributed by atoms with Crippen LogP contribution in [0.4, 0.5) is 13.2 Å². The maximum absolute atomic E-state index is 13.2. The smallest absolute Gasteiger partial charge is 0.341 e. The summed E-state index contributed by atoms with van der Waals surface area (Å²) in [6.45, 7) is 3.60. The van der Waals surface area contributed by atoms with Crippen LogP contribution in [-0.4, -0.2) is 58.4 Å². The summed E-state index contributed by atoms with van der Waals surface area (Å²) < 4.78 is 39.5. The van der Waals surface area contributed by atoms with Gasteiger partial charge in [0, 0.05) is 37.0 Å². The highest BCUT2D eigenvalue weighted by molar-refractivity contribution is 5.78. The van der Waals surface area contributed by atoms with E-state index in [1.165, 1.54) is 12.3 Å². The number of rotatable bonds is 4. The van der Waals surface area contributed by atoms with Gasteiger partial charge in [-0.2, -0.15) is 13.2 Å². The van der Waals surface area contributed by atoms with E-state index >= 15 is 0 Å². The van der Waals surface area contributed by atoms with E-state index in [9.17, 15) is 18.0 Å². The van der Waals surface area contributed by atoms with Gasteiger partial charge in [0.05, 0.1) is 23.5 Å². The molecule has 1 aromatic heterocycles. The van der Waals surface area contributed by atoms with Crippen LogP contribution in [0.5, 0.6) is 0 Å². The van der Waals surface area contributed by atoms with Gasteiger partial charge in [-0.3, -0.25) is 19.7 Å². The first-order valence-corrected chi connectivity index (χ1v) is 10.4. The Kier molecular flexibility index (Phi) is 6.04. The van der Waals surface area contributed by atoms with E-state index in [0.29, 0.717) is 36.6 Å². The maximum Gasteiger partial charge on any atom is 0.416 e. The van der Waals surface area contributed by atoms with Gasteiger partial charge in [-0.1, -0.05) is 12.1 Å². The Morgan fingerprint density at radius 2 is 1.83 bits per heavy atom. The Balaban J connectivity index is 1.55. The molecular weight excluding hydrogens is 393 g/mol. The molecular formula is C22H25F3N4O. The first-order chi connectivity index (χ1) is 14.4. The SMILES string of the molecule is O=C(CN1CCCC1)N1CCC[C@@H](c2nccnc2-c2cccc(C(F)(F)F)c2)C1. The minimum Gasteiger partial charge on any atom is -0.341 e. The average molecular weight is 418 g/mol. The largest absolute Gasteiger partial charge is 0.416 e. The summed E-state index contributed by atoms with van der Waals surface area (Å²) in [6, 6.07) is 5.19. The number of hydrogen-bond donors (Lipinski definition) is 0. The summed E-state index contributed by atoms with van der Waals surface area (Å²) in [5.74, 6) is 0.0747. The van der Waals surface area contributed by atoms with Gasteiger partial charge in [-0.15, -0.1) is 0 Å². The Morgan fingerprint density at radius 1 is 1.07 bits per heavy atom. The molecule has 0 unspecified atom stereocenters. The normalized spacial score (nSPS) is 20.5. The van der Waals surface area contributed by atoms with E-state index < -0.39 is 11.7 Å². The number of nitrogens with zero attached hydrogens (tertiary/aromatic N) is 4. The third-order valence-corrected chi connectivity index (χ3v) is 5.91. The number of hydrogen-bond acceptors (Lipinski definition) is 4. The lowest BCUT2D eigenvalue weighted by atomic mass is 9.91. The molecule has 0 bridgehead atoms. The van der Waals surface area contributed by atoms with Crippen molar-refractivity contribution in [2.75, 3.05) is 32.7 Å². The molecule has 0 radical (unpaired) electrons. The standard InChI is InChI=1S/C22H25F3N4O/c23-22(24,25)18-7-3-5-16(13-18)20-21(27-9-8-26-20)17-6-4-12-29(14-17)19(30)15-28-10-1-2-11-28/h3,5,7-9,13,17H,1-2,4,6,10-12,14-15H2/t17-/m1/s1. The number of amides is 1. The Hall–Kier alpha value is -2.48. The van der Waals surface area contributed by atoms with Crippen LogP contribution >= 0.6 is 0 Å². The second kappa shape index (κ2) is 8.71. The van der Waals surface area contributed by atoms with Gasteiger partial charge in [0.15, 0.2) is 0 Å². The van der Waals surface area contributed by atoms with Crippen molar-refractivity contribution >= 4 is 5.91 Å². The Bertz CT molecular complexity index is 896. The molecule has 0 aliphatic carbocycles. The molecule has 2 aliphatic rings. The molecule has 0 spiro atoms. The van der Waals surface area contributed by atoms with Crippen LogP contribution < -0.4 is 0 Å². The summed E-state index contributed by atoms with van der Waals surface area (Å²) in [5.41, 5.74) is 0.814. The quantitative estimate of drug-likeness (QED) is 0.754. The molecule has 1 atom stereocenters. The number of aromatic nitrogens is 2. The molecule has 3 heterocycles. The topological polar surface area (TPSA) is 49.3 Å². The number of carbonyl (C=O) groups excluding carboxylic acids is 1. The van der Waals surface area contributed by atoms with Gasteiger partial charge in [-0.25, -0.2) is 0 Å². The van der Waals surface area contributed by atoms with Gasteiger partial charge in [0.25, 0.3) is 0 Å². The van der Waals surface area contributed by atoms with Crippen molar-refractivity contribution < 1.29 is 18.0 Å². The fourth-order valence-corrected chi connectivity index (χ4v) is 4.37. The molecule has 0 N–H and O–H groups in total. The van der Waals surface area contributed by atoms with Gasteiger partial charge >= 0.3 is 6.18 Å². The van der Waals surface area contributed by atoms with Crippen LogP contribution in [-0.2, 0) is 11.0 Å². The molecule has 8 heteroatoms. The molecule has 1 aromatic carbocycles. The fraction of sp³-hybridized carbons (Fsp3) is 0.500. The van der Waals surface area contributed by atoms with E-state index in [-0.39, 0.29) is 11.8 Å². The molecule has 160 valence electrons. The molecule has 30 heavy (non-hydrogen) atoms. The van der Waals surface area contributed by atoms with Crippen LogP contribution in [0.15, 0.2) is 36.7 Å². The maximum atomic E-state index is 13.2. The summed E-state index contributed by atoms with van der Waals surface area (Å²) in [6.07, 6.45) is 2.59. The predicted molar refractivity (Wildman–Crippen MR) is 107 cm³/mol. The highest BCUT2D eigenvalue weighted by atomic mass is 19.4. The highest BCUT2D eigenvalue weighted by Crippen LogP contribution is 2.35. The number of piperidine rings is 1. The Labute approximate surface area is 173 Å². The van der Waals surface area contributed by atoms with Gasteiger partial charge < -0.3 is 4.90 Å². The Morgan fingerprint density at radius 3 is 2.60 bits per heavy atom. The van der Waals surface area contributed by atoms with E-state index in [2.05, 4.69) is 14.9 Å². The second-order valence-corrected chi connectivity index (χ2v) is 8.03. The first kappa shape index (κ1) is 20.8. The zero-order valence-electron chi connectivity index (χ0n) is 16.7. The van der Waals surface area contributed by atoms with Crippen molar-refractivity contribution in [3.05, 3.63) is 47.9 Å². The molecule has 2 aliphatic heterocycles. The summed E-state index contributed by atoms with van der Waals surface area (Å²) >= 11 is 0. The fourth-order valence-electron chi connectivity index (χ4n) is 4.37. The van der Waals surface area contributed by atoms with E-state index in [1.54, 1.807) is 12.3 Å². The lowest BCUT2D eigenvalue weighted by Crippen LogP contribution is -2.44. The van der Waals surface area contributed by atoms with E-state index in [4.69, 9.17) is 0 Å². The lowest BCUT2D eigenvalue weighted by molar-refractivity contribution is -0.137. The summed E-state index contributed by atoms with van der Waals surface area (Å²) in [5, 5.41) is 0. The summed E-state index contributed by atoms with van der Waals surface area (Å²) in [7, 11) is 0. The van der Waals surface area contributed by atoms with Crippen LogP contribution in [0.2, 0.25) is 0 Å². The van der Waals surface area contributed by atoms with Gasteiger partial charge in [0.2, 0.25) is 5.91 Å². The van der Waals surface area contributed by atoms with Crippen molar-refractivity contribution in [3.8, 4) is 11.3 Å². The van der Waals surface area contributed by atoms with E-state index in [0.717, 1.165) is 50.9 Å². The van der Waals surface area contributed by atoms with Crippen LogP contribution in [0.1, 0.15) is 42.9 Å². The van der Waals surface area contributed by atoms with Crippen molar-refractivity contribution in [1.29, 1.82) is 0 Å². The van der Waals surface area contributed by atoms with Crippen molar-refractivity contribution in [3.63, 3.8) is 0 Å². The van der Waals surface area contributed by atoms with E-state index in [1.807, 2.05) is 4.90 Å². The lowest BCUT2D eigenvalue weighted by Gasteiger charge is -2.34. The monoisotopic (exact) mass is 418 g/mol. The van der Waals surface area contributed by atoms with Gasteiger partial charge in [0.1, 0.15) is 0 Å². The predicted octanol–water partition coefficient (Wildman–Crippen LogP) is 3.96. The van der Waals surface area contributed by atoms with Crippen molar-refractivity contribution in [2.45, 2.75) is 37.8 Å². The van der Waals surface area contributed by atoms with Gasteiger partial charge in [-0.05, 0) is 50.9 Å². The molecule has 2 fully saturated rings. The zero-order valence-corrected chi connectivity index (χ0v) is 16.7. The van der Waals surface area contributed by atoms with Crippen molar-refractivity contribution in [2.24, 2.45) is 0 Å². The number of halogens is 3. The number of likely N-dealkylation sites (tertiary alicyclic amines) is 2. The molecule has 2 saturated heterocycles. The minimum absolute atomic E-state index is 0.0421. The molecule has 5 nitrogen and oxygen atoms in total. The first-order valence-electron chi connectivity index (χ1n) is 10.4. The summed E-state index contributed by atoms with van der Waals surface area (Å²) in [4.78, 5) is 25.7. The third kappa shape index (κ3) is 4.64.